The number of likely N-dealkylation sites (tertiary alicyclic amines) is 1. The normalized spacial score (nSPS) is 19.7. The summed E-state index contributed by atoms with van der Waals surface area (Å²) < 4.78 is 38.5. The summed E-state index contributed by atoms with van der Waals surface area (Å²) in [4.78, 5) is 33.5. The maximum atomic E-state index is 14.1. The second-order valence-corrected chi connectivity index (χ2v) is 8.56. The molecule has 0 bridgehead atoms. The van der Waals surface area contributed by atoms with Gasteiger partial charge < -0.3 is 14.6 Å². The van der Waals surface area contributed by atoms with Gasteiger partial charge in [-0.2, -0.15) is 0 Å². The minimum atomic E-state index is -2.92. The van der Waals surface area contributed by atoms with Gasteiger partial charge in [-0.1, -0.05) is 6.92 Å². The van der Waals surface area contributed by atoms with Gasteiger partial charge in [0.1, 0.15) is 11.6 Å². The summed E-state index contributed by atoms with van der Waals surface area (Å²) in [6.07, 6.45) is 1.88. The highest BCUT2D eigenvalue weighted by molar-refractivity contribution is 7.11. The number of hydrogen-bond acceptors (Lipinski definition) is 8. The van der Waals surface area contributed by atoms with Gasteiger partial charge in [-0.05, 0) is 25.8 Å². The number of esters is 1. The molecular weight excluding hydrogens is 444 g/mol. The first-order valence-corrected chi connectivity index (χ1v) is 11.2. The maximum Gasteiger partial charge on any atom is 0.335 e. The van der Waals surface area contributed by atoms with Crippen LogP contribution in [-0.4, -0.2) is 84.1 Å². The molecule has 1 unspecified atom stereocenters. The van der Waals surface area contributed by atoms with Crippen molar-refractivity contribution in [1.82, 2.24) is 9.88 Å². The van der Waals surface area contributed by atoms with Gasteiger partial charge >= 0.3 is 11.9 Å². The largest absolute Gasteiger partial charge is 0.480 e. The van der Waals surface area contributed by atoms with Gasteiger partial charge in [0.15, 0.2) is 0 Å². The Morgan fingerprint density at radius 1 is 1.41 bits per heavy atom. The maximum absolute atomic E-state index is 14.1. The fourth-order valence-corrected chi connectivity index (χ4v) is 3.93. The molecule has 8 nitrogen and oxygen atoms in total. The van der Waals surface area contributed by atoms with Crippen molar-refractivity contribution in [2.75, 3.05) is 39.5 Å². The number of nitrogens with zero attached hydrogens (tertiary/aromatic N) is 3. The minimum Gasteiger partial charge on any atom is -0.480 e. The molecule has 0 radical (unpaired) electrons. The zero-order valence-electron chi connectivity index (χ0n) is 18.5. The number of aliphatic carboxylic acids is 1. The Bertz CT molecular complexity index is 842. The summed E-state index contributed by atoms with van der Waals surface area (Å²) in [7, 11) is 0. The molecule has 0 spiro atoms. The number of hydrogen-bond donors (Lipinski definition) is 1. The van der Waals surface area contributed by atoms with Crippen LogP contribution < -0.4 is 0 Å². The van der Waals surface area contributed by atoms with E-state index in [0.29, 0.717) is 23.3 Å². The van der Waals surface area contributed by atoms with E-state index in [1.165, 1.54) is 16.2 Å². The van der Waals surface area contributed by atoms with Crippen LogP contribution in [-0.2, 0) is 19.1 Å². The third kappa shape index (κ3) is 8.03. The van der Waals surface area contributed by atoms with Crippen molar-refractivity contribution in [3.8, 4) is 0 Å². The number of carboxylic acid groups (broad SMARTS) is 1. The number of carboxylic acids is 1. The lowest BCUT2D eigenvalue weighted by Gasteiger charge is -2.24. The van der Waals surface area contributed by atoms with Crippen LogP contribution >= 0.6 is 11.3 Å². The summed E-state index contributed by atoms with van der Waals surface area (Å²) in [6.45, 7) is 4.58. The molecule has 32 heavy (non-hydrogen) atoms. The van der Waals surface area contributed by atoms with Gasteiger partial charge in [-0.3, -0.25) is 9.89 Å². The molecule has 11 heteroatoms. The Labute approximate surface area is 189 Å². The van der Waals surface area contributed by atoms with Crippen molar-refractivity contribution in [2.24, 2.45) is 4.99 Å². The molecule has 1 atom stereocenters. The van der Waals surface area contributed by atoms with E-state index < -0.39 is 43.5 Å². The summed E-state index contributed by atoms with van der Waals surface area (Å²) in [5.74, 6) is -4.60. The van der Waals surface area contributed by atoms with E-state index in [1.54, 1.807) is 20.0 Å². The third-order valence-electron chi connectivity index (χ3n) is 4.88. The van der Waals surface area contributed by atoms with Gasteiger partial charge in [0, 0.05) is 30.6 Å². The number of ether oxygens (including phenoxy) is 2. The Hall–Kier alpha value is -2.24. The van der Waals surface area contributed by atoms with Crippen molar-refractivity contribution < 1.29 is 33.0 Å². The molecule has 2 rings (SSSR count). The van der Waals surface area contributed by atoms with E-state index in [4.69, 9.17) is 14.6 Å². The number of carbonyl (C=O) groups is 2. The van der Waals surface area contributed by atoms with Gasteiger partial charge in [-0.25, -0.2) is 23.4 Å². The lowest BCUT2D eigenvalue weighted by molar-refractivity contribution is -0.143. The predicted molar refractivity (Wildman–Crippen MR) is 117 cm³/mol. The Morgan fingerprint density at radius 2 is 2.16 bits per heavy atom. The number of alkyl halides is 2. The van der Waals surface area contributed by atoms with Crippen LogP contribution in [0.1, 0.15) is 38.6 Å². The quantitative estimate of drug-likeness (QED) is 0.283. The first-order valence-electron chi connectivity index (χ1n) is 10.3. The van der Waals surface area contributed by atoms with Crippen LogP contribution in [0.3, 0.4) is 0 Å². The molecule has 1 aliphatic rings. The van der Waals surface area contributed by atoms with Crippen molar-refractivity contribution in [2.45, 2.75) is 45.6 Å². The second-order valence-electron chi connectivity index (χ2n) is 7.66. The highest BCUT2D eigenvalue weighted by atomic mass is 32.1. The van der Waals surface area contributed by atoms with E-state index in [-0.39, 0.29) is 26.3 Å². The molecular formula is C21H29F2N3O5S. The first kappa shape index (κ1) is 26.0. The second kappa shape index (κ2) is 12.1. The highest BCUT2D eigenvalue weighted by Crippen LogP contribution is 2.33. The minimum absolute atomic E-state index is 0.0458. The van der Waals surface area contributed by atoms with Crippen molar-refractivity contribution in [3.05, 3.63) is 27.7 Å². The summed E-state index contributed by atoms with van der Waals surface area (Å²) in [5.41, 5.74) is 1.55. The zero-order valence-corrected chi connectivity index (χ0v) is 19.3. The molecule has 2 heterocycles. The monoisotopic (exact) mass is 473 g/mol. The van der Waals surface area contributed by atoms with E-state index >= 15 is 0 Å². The molecule has 0 aromatic carbocycles. The van der Waals surface area contributed by atoms with Crippen LogP contribution in [0.4, 0.5) is 8.78 Å². The summed E-state index contributed by atoms with van der Waals surface area (Å²) in [5, 5.41) is 11.3. The van der Waals surface area contributed by atoms with Gasteiger partial charge in [0.25, 0.3) is 5.92 Å². The fourth-order valence-electron chi connectivity index (χ4n) is 3.32. The lowest BCUT2D eigenvalue weighted by Crippen LogP contribution is -2.36. The summed E-state index contributed by atoms with van der Waals surface area (Å²) in [6, 6.07) is -0.659. The van der Waals surface area contributed by atoms with Crippen molar-refractivity contribution in [1.29, 1.82) is 0 Å². The highest BCUT2D eigenvalue weighted by Gasteiger charge is 2.45. The van der Waals surface area contributed by atoms with E-state index in [9.17, 15) is 18.4 Å². The topological polar surface area (TPSA) is 101 Å². The van der Waals surface area contributed by atoms with E-state index in [0.717, 1.165) is 5.01 Å². The molecule has 1 saturated heterocycles. The Kier molecular flexibility index (Phi) is 9.85. The van der Waals surface area contributed by atoms with Gasteiger partial charge in [-0.15, -0.1) is 11.3 Å². The van der Waals surface area contributed by atoms with E-state index in [2.05, 4.69) is 9.98 Å². The van der Waals surface area contributed by atoms with Crippen molar-refractivity contribution in [3.63, 3.8) is 0 Å². The zero-order chi connectivity index (χ0) is 23.7. The summed E-state index contributed by atoms with van der Waals surface area (Å²) >= 11 is 1.43. The lowest BCUT2D eigenvalue weighted by atomic mass is 10.1. The average molecular weight is 474 g/mol. The van der Waals surface area contributed by atoms with Crippen LogP contribution in [0, 0.1) is 0 Å². The Balaban J connectivity index is 2.19. The van der Waals surface area contributed by atoms with Gasteiger partial charge in [0.2, 0.25) is 0 Å². The molecule has 1 aromatic rings. The molecule has 0 saturated carbocycles. The number of carbonyl (C=O) groups excluding carboxylic acids is 1. The molecule has 0 aliphatic carbocycles. The predicted octanol–water partition coefficient (Wildman–Crippen LogP) is 3.03. The third-order valence-corrected chi connectivity index (χ3v) is 5.76. The smallest absolute Gasteiger partial charge is 0.335 e. The molecule has 0 amide bonds. The number of aliphatic imine (C=N–C) groups is 1. The molecule has 178 valence electrons. The van der Waals surface area contributed by atoms with E-state index in [1.807, 2.05) is 12.3 Å². The molecule has 1 N–H and O–H groups in total. The van der Waals surface area contributed by atoms with Crippen LogP contribution in [0.15, 0.2) is 27.7 Å². The number of aromatic nitrogens is 1. The number of halogens is 2. The molecule has 1 aromatic heterocycles. The van der Waals surface area contributed by atoms with Crippen LogP contribution in [0.5, 0.6) is 0 Å². The SMILES string of the molecule is CCCOC(=O)/C(C/N=C(\C)c1nccs1)=C(/C)CN1CC(F)(F)CC1COCC(=O)O. The number of rotatable bonds is 12. The average Bonchev–Trinajstić information content (AvgIpc) is 3.34. The molecule has 1 fully saturated rings. The van der Waals surface area contributed by atoms with Gasteiger partial charge in [0.05, 0.1) is 37.6 Å². The molecule has 1 aliphatic heterocycles. The first-order chi connectivity index (χ1) is 15.1. The standard InChI is InChI=1S/C21H29F2N3O5S/c1-4-6-31-20(29)17(9-25-15(3)19-24-5-7-32-19)14(2)10-26-13-21(22,23)8-16(26)11-30-12-18(27)28/h5,7,16H,4,6,8-13H2,1-3H3,(H,27,28)/b17-14-,25-15+. The van der Waals surface area contributed by atoms with Crippen LogP contribution in [0.2, 0.25) is 0 Å². The number of thiazole rings is 1. The fraction of sp³-hybridized carbons (Fsp3) is 0.619. The van der Waals surface area contributed by atoms with Crippen molar-refractivity contribution >= 4 is 29.0 Å². The Morgan fingerprint density at radius 3 is 2.78 bits per heavy atom. The van der Waals surface area contributed by atoms with Crippen LogP contribution in [0.25, 0.3) is 0 Å².